The predicted molar refractivity (Wildman–Crippen MR) is 80.6 cm³/mol. The number of ether oxygens (including phenoxy) is 1. The average molecular weight is 282 g/mol. The van der Waals surface area contributed by atoms with Crippen molar-refractivity contribution >= 4 is 11.3 Å². The zero-order valence-corrected chi connectivity index (χ0v) is 13.2. The van der Waals surface area contributed by atoms with Gasteiger partial charge in [-0.05, 0) is 32.6 Å². The summed E-state index contributed by atoms with van der Waals surface area (Å²) in [6.45, 7) is 8.19. The van der Waals surface area contributed by atoms with Gasteiger partial charge in [-0.2, -0.15) is 0 Å². The standard InChI is InChI=1S/C15H26N2OS/c1-4-7-12-14(10-16-11-8-9-11)19-15(17-12)13(5-2)18-6-3/h11,13,16H,4-10H2,1-3H3. The second kappa shape index (κ2) is 7.36. The van der Waals surface area contributed by atoms with Gasteiger partial charge in [-0.15, -0.1) is 11.3 Å². The van der Waals surface area contributed by atoms with Gasteiger partial charge in [0.15, 0.2) is 0 Å². The van der Waals surface area contributed by atoms with Gasteiger partial charge in [-0.3, -0.25) is 0 Å². The molecule has 1 aromatic heterocycles. The topological polar surface area (TPSA) is 34.1 Å². The minimum absolute atomic E-state index is 0.181. The number of hydrogen-bond donors (Lipinski definition) is 1. The molecule has 1 heterocycles. The second-order valence-electron chi connectivity index (χ2n) is 5.18. The Kier molecular flexibility index (Phi) is 5.79. The monoisotopic (exact) mass is 282 g/mol. The van der Waals surface area contributed by atoms with Crippen molar-refractivity contribution in [2.75, 3.05) is 6.61 Å². The van der Waals surface area contributed by atoms with Crippen molar-refractivity contribution in [2.24, 2.45) is 0 Å². The van der Waals surface area contributed by atoms with Crippen LogP contribution in [-0.2, 0) is 17.7 Å². The Morgan fingerprint density at radius 1 is 1.37 bits per heavy atom. The van der Waals surface area contributed by atoms with Crippen molar-refractivity contribution in [2.45, 2.75) is 71.6 Å². The Morgan fingerprint density at radius 2 is 2.16 bits per heavy atom. The molecule has 1 aliphatic carbocycles. The van der Waals surface area contributed by atoms with E-state index in [0.717, 1.165) is 38.5 Å². The largest absolute Gasteiger partial charge is 0.371 e. The molecule has 1 N–H and O–H groups in total. The molecule has 0 spiro atoms. The van der Waals surface area contributed by atoms with Crippen LogP contribution in [-0.4, -0.2) is 17.6 Å². The lowest BCUT2D eigenvalue weighted by Gasteiger charge is -2.11. The van der Waals surface area contributed by atoms with Gasteiger partial charge in [-0.25, -0.2) is 4.98 Å². The number of aryl methyl sites for hydroxylation is 1. The summed E-state index contributed by atoms with van der Waals surface area (Å²) in [6.07, 6.45) is 6.10. The molecule has 1 atom stereocenters. The smallest absolute Gasteiger partial charge is 0.122 e. The van der Waals surface area contributed by atoms with Crippen LogP contribution < -0.4 is 5.32 Å². The van der Waals surface area contributed by atoms with E-state index in [9.17, 15) is 0 Å². The summed E-state index contributed by atoms with van der Waals surface area (Å²) in [6, 6.07) is 0.758. The number of aromatic nitrogens is 1. The minimum Gasteiger partial charge on any atom is -0.371 e. The lowest BCUT2D eigenvalue weighted by molar-refractivity contribution is 0.0595. The fourth-order valence-corrected chi connectivity index (χ4v) is 3.40. The van der Waals surface area contributed by atoms with Crippen molar-refractivity contribution in [3.8, 4) is 0 Å². The van der Waals surface area contributed by atoms with E-state index in [-0.39, 0.29) is 6.10 Å². The van der Waals surface area contributed by atoms with E-state index in [1.54, 1.807) is 0 Å². The van der Waals surface area contributed by atoms with E-state index >= 15 is 0 Å². The molecule has 1 unspecified atom stereocenters. The van der Waals surface area contributed by atoms with E-state index < -0.39 is 0 Å². The van der Waals surface area contributed by atoms with E-state index in [1.807, 2.05) is 11.3 Å². The van der Waals surface area contributed by atoms with Gasteiger partial charge in [0.2, 0.25) is 0 Å². The first-order valence-corrected chi connectivity index (χ1v) is 8.43. The summed E-state index contributed by atoms with van der Waals surface area (Å²) < 4.78 is 5.79. The zero-order chi connectivity index (χ0) is 13.7. The van der Waals surface area contributed by atoms with Gasteiger partial charge in [0, 0.05) is 24.1 Å². The van der Waals surface area contributed by atoms with Crippen molar-refractivity contribution < 1.29 is 4.74 Å². The van der Waals surface area contributed by atoms with Crippen molar-refractivity contribution in [3.63, 3.8) is 0 Å². The fourth-order valence-electron chi connectivity index (χ4n) is 2.20. The molecule has 0 saturated heterocycles. The Morgan fingerprint density at radius 3 is 2.74 bits per heavy atom. The first-order valence-electron chi connectivity index (χ1n) is 7.61. The quantitative estimate of drug-likeness (QED) is 0.747. The highest BCUT2D eigenvalue weighted by Crippen LogP contribution is 2.30. The number of hydrogen-bond acceptors (Lipinski definition) is 4. The zero-order valence-electron chi connectivity index (χ0n) is 12.4. The molecule has 108 valence electrons. The number of thiazole rings is 1. The summed E-state index contributed by atoms with van der Waals surface area (Å²) in [5.41, 5.74) is 1.29. The first kappa shape index (κ1) is 14.9. The highest BCUT2D eigenvalue weighted by molar-refractivity contribution is 7.11. The molecule has 1 saturated carbocycles. The second-order valence-corrected chi connectivity index (χ2v) is 6.29. The predicted octanol–water partition coefficient (Wildman–Crippen LogP) is 3.84. The molecule has 3 nitrogen and oxygen atoms in total. The molecule has 0 aliphatic heterocycles. The summed E-state index contributed by atoms with van der Waals surface area (Å²) in [4.78, 5) is 6.26. The van der Waals surface area contributed by atoms with Gasteiger partial charge < -0.3 is 10.1 Å². The molecule has 0 bridgehead atoms. The summed E-state index contributed by atoms with van der Waals surface area (Å²) in [5.74, 6) is 0. The van der Waals surface area contributed by atoms with Crippen LogP contribution in [0.5, 0.6) is 0 Å². The molecule has 1 aromatic rings. The summed E-state index contributed by atoms with van der Waals surface area (Å²) >= 11 is 1.84. The van der Waals surface area contributed by atoms with Crippen LogP contribution in [0.1, 0.15) is 68.1 Å². The van der Waals surface area contributed by atoms with Crippen LogP contribution in [0.3, 0.4) is 0 Å². The molecule has 2 rings (SSSR count). The highest BCUT2D eigenvalue weighted by Gasteiger charge is 2.22. The Hall–Kier alpha value is -0.450. The summed E-state index contributed by atoms with van der Waals surface area (Å²) in [5, 5.41) is 4.77. The van der Waals surface area contributed by atoms with Gasteiger partial charge in [-0.1, -0.05) is 20.3 Å². The number of nitrogens with zero attached hydrogens (tertiary/aromatic N) is 1. The normalized spacial score (nSPS) is 16.8. The highest BCUT2D eigenvalue weighted by atomic mass is 32.1. The molecule has 0 aromatic carbocycles. The third-order valence-electron chi connectivity index (χ3n) is 3.42. The van der Waals surface area contributed by atoms with Crippen LogP contribution in [0.25, 0.3) is 0 Å². The molecular formula is C15H26N2OS. The average Bonchev–Trinajstić information content (AvgIpc) is 3.16. The maximum Gasteiger partial charge on any atom is 0.122 e. The maximum atomic E-state index is 5.79. The minimum atomic E-state index is 0.181. The van der Waals surface area contributed by atoms with Crippen molar-refractivity contribution in [1.82, 2.24) is 10.3 Å². The first-order chi connectivity index (χ1) is 9.28. The Balaban J connectivity index is 2.07. The van der Waals surface area contributed by atoms with E-state index in [4.69, 9.17) is 9.72 Å². The molecule has 1 aliphatic rings. The molecule has 0 radical (unpaired) electrons. The SMILES string of the molecule is CCCc1nc(C(CC)OCC)sc1CNC1CC1. The Labute approximate surface area is 120 Å². The van der Waals surface area contributed by atoms with Gasteiger partial charge in [0.1, 0.15) is 11.1 Å². The molecule has 19 heavy (non-hydrogen) atoms. The van der Waals surface area contributed by atoms with Gasteiger partial charge in [0.05, 0.1) is 5.69 Å². The molecule has 1 fully saturated rings. The van der Waals surface area contributed by atoms with Crippen LogP contribution in [0.15, 0.2) is 0 Å². The van der Waals surface area contributed by atoms with Crippen LogP contribution in [0, 0.1) is 0 Å². The van der Waals surface area contributed by atoms with Gasteiger partial charge in [0.25, 0.3) is 0 Å². The molecular weight excluding hydrogens is 256 g/mol. The van der Waals surface area contributed by atoms with E-state index in [2.05, 4.69) is 26.1 Å². The van der Waals surface area contributed by atoms with E-state index in [1.165, 1.54) is 28.4 Å². The lowest BCUT2D eigenvalue weighted by Crippen LogP contribution is -2.15. The van der Waals surface area contributed by atoms with Crippen LogP contribution >= 0.6 is 11.3 Å². The molecule has 0 amide bonds. The van der Waals surface area contributed by atoms with Gasteiger partial charge >= 0.3 is 0 Å². The maximum absolute atomic E-state index is 5.79. The third kappa shape index (κ3) is 4.26. The number of rotatable bonds is 9. The third-order valence-corrected chi connectivity index (χ3v) is 4.61. The van der Waals surface area contributed by atoms with Crippen molar-refractivity contribution in [1.29, 1.82) is 0 Å². The summed E-state index contributed by atoms with van der Waals surface area (Å²) in [7, 11) is 0. The van der Waals surface area contributed by atoms with E-state index in [0.29, 0.717) is 0 Å². The van der Waals surface area contributed by atoms with Crippen LogP contribution in [0.2, 0.25) is 0 Å². The van der Waals surface area contributed by atoms with Crippen molar-refractivity contribution in [3.05, 3.63) is 15.6 Å². The lowest BCUT2D eigenvalue weighted by atomic mass is 10.2. The fraction of sp³-hybridized carbons (Fsp3) is 0.800. The number of nitrogens with one attached hydrogen (secondary N) is 1. The van der Waals surface area contributed by atoms with Crippen LogP contribution in [0.4, 0.5) is 0 Å². The molecule has 4 heteroatoms. The Bertz CT molecular complexity index is 387.